The number of hydrogen-bond acceptors (Lipinski definition) is 0. The Morgan fingerprint density at radius 1 is 1.17 bits per heavy atom. The van der Waals surface area contributed by atoms with Gasteiger partial charge in [0, 0.05) is 0 Å². The summed E-state index contributed by atoms with van der Waals surface area (Å²) in [4.78, 5) is 0. The van der Waals surface area contributed by atoms with Crippen LogP contribution >= 0.6 is 0 Å². The molecule has 0 N–H and O–H groups in total. The maximum atomic E-state index is 2.37. The number of rotatable bonds is 2. The van der Waals surface area contributed by atoms with Gasteiger partial charge in [-0.05, 0) is 11.5 Å². The van der Waals surface area contributed by atoms with E-state index >= 15 is 0 Å². The fourth-order valence-corrected chi connectivity index (χ4v) is 2.22. The van der Waals surface area contributed by atoms with Crippen molar-refractivity contribution in [2.24, 2.45) is 0 Å². The molecule has 0 fully saturated rings. The molecule has 0 saturated heterocycles. The smallest absolute Gasteiger partial charge is 0.0647 e. The van der Waals surface area contributed by atoms with Crippen LogP contribution in [0.5, 0.6) is 0 Å². The van der Waals surface area contributed by atoms with Crippen LogP contribution in [-0.4, -0.2) is 8.80 Å². The van der Waals surface area contributed by atoms with Crippen molar-refractivity contribution in [2.75, 3.05) is 0 Å². The SMILES string of the molecule is C[C](C)c1cccc([SiH](C)C)c1. The summed E-state index contributed by atoms with van der Waals surface area (Å²) in [6.07, 6.45) is 0. The van der Waals surface area contributed by atoms with Crippen LogP contribution in [-0.2, 0) is 0 Å². The maximum absolute atomic E-state index is 2.37. The van der Waals surface area contributed by atoms with Crippen molar-refractivity contribution in [1.82, 2.24) is 0 Å². The van der Waals surface area contributed by atoms with E-state index in [0.717, 1.165) is 0 Å². The van der Waals surface area contributed by atoms with Crippen LogP contribution in [0.2, 0.25) is 13.1 Å². The summed E-state index contributed by atoms with van der Waals surface area (Å²) in [7, 11) is -0.611. The highest BCUT2D eigenvalue weighted by Crippen LogP contribution is 2.10. The second-order valence-electron chi connectivity index (χ2n) is 3.78. The van der Waals surface area contributed by atoms with Crippen LogP contribution in [0, 0.1) is 5.92 Å². The zero-order valence-corrected chi connectivity index (χ0v) is 9.54. The number of hydrogen-bond donors (Lipinski definition) is 0. The molecule has 1 heteroatoms. The molecule has 65 valence electrons. The van der Waals surface area contributed by atoms with Crippen molar-refractivity contribution in [1.29, 1.82) is 0 Å². The summed E-state index contributed by atoms with van der Waals surface area (Å²) in [5.74, 6) is 1.41. The molecular weight excluding hydrogens is 160 g/mol. The maximum Gasteiger partial charge on any atom is 0.0647 e. The van der Waals surface area contributed by atoms with Crippen LogP contribution < -0.4 is 5.19 Å². The molecule has 0 heterocycles. The third kappa shape index (κ3) is 2.21. The van der Waals surface area contributed by atoms with Gasteiger partial charge in [-0.3, -0.25) is 0 Å². The fourth-order valence-electron chi connectivity index (χ4n) is 1.21. The Morgan fingerprint density at radius 3 is 2.33 bits per heavy atom. The summed E-state index contributed by atoms with van der Waals surface area (Å²) in [5, 5.41) is 1.56. The van der Waals surface area contributed by atoms with E-state index < -0.39 is 8.80 Å². The Kier molecular flexibility index (Phi) is 3.10. The second-order valence-corrected chi connectivity index (χ2v) is 6.76. The van der Waals surface area contributed by atoms with Crippen LogP contribution in [0.3, 0.4) is 0 Å². The van der Waals surface area contributed by atoms with Crippen LogP contribution in [0.4, 0.5) is 0 Å². The van der Waals surface area contributed by atoms with Gasteiger partial charge in [0.2, 0.25) is 0 Å². The van der Waals surface area contributed by atoms with Gasteiger partial charge >= 0.3 is 0 Å². The summed E-state index contributed by atoms with van der Waals surface area (Å²) < 4.78 is 0. The molecule has 0 spiro atoms. The predicted molar refractivity (Wildman–Crippen MR) is 58.6 cm³/mol. The Morgan fingerprint density at radius 2 is 1.83 bits per heavy atom. The summed E-state index contributed by atoms with van der Waals surface area (Å²) >= 11 is 0. The topological polar surface area (TPSA) is 0 Å². The van der Waals surface area contributed by atoms with Gasteiger partial charge in [0.15, 0.2) is 0 Å². The Hall–Kier alpha value is -0.563. The molecule has 0 atom stereocenters. The van der Waals surface area contributed by atoms with Crippen LogP contribution in [0.15, 0.2) is 24.3 Å². The van der Waals surface area contributed by atoms with E-state index in [4.69, 9.17) is 0 Å². The fraction of sp³-hybridized carbons (Fsp3) is 0.364. The lowest BCUT2D eigenvalue weighted by Gasteiger charge is -2.08. The third-order valence-electron chi connectivity index (χ3n) is 2.13. The van der Waals surface area contributed by atoms with Crippen molar-refractivity contribution in [3.63, 3.8) is 0 Å². The zero-order chi connectivity index (χ0) is 9.14. The Bertz CT molecular complexity index is 228. The van der Waals surface area contributed by atoms with Crippen molar-refractivity contribution in [3.05, 3.63) is 35.7 Å². The van der Waals surface area contributed by atoms with E-state index in [0.29, 0.717) is 0 Å². The second kappa shape index (κ2) is 3.90. The minimum absolute atomic E-state index is 0.611. The van der Waals surface area contributed by atoms with Gasteiger partial charge in [-0.2, -0.15) is 0 Å². The highest BCUT2D eigenvalue weighted by atomic mass is 28.3. The minimum atomic E-state index is -0.611. The molecule has 0 aliphatic carbocycles. The van der Waals surface area contributed by atoms with Gasteiger partial charge in [0.25, 0.3) is 0 Å². The molecule has 0 nitrogen and oxygen atoms in total. The number of benzene rings is 1. The highest BCUT2D eigenvalue weighted by molar-refractivity contribution is 6.70. The molecule has 0 aliphatic heterocycles. The summed E-state index contributed by atoms with van der Waals surface area (Å²) in [5.41, 5.74) is 1.40. The largest absolute Gasteiger partial charge is 0.0682 e. The first-order valence-electron chi connectivity index (χ1n) is 4.51. The first-order valence-corrected chi connectivity index (χ1v) is 7.40. The van der Waals surface area contributed by atoms with Gasteiger partial charge in [-0.1, -0.05) is 56.4 Å². The van der Waals surface area contributed by atoms with Crippen LogP contribution in [0.25, 0.3) is 0 Å². The van der Waals surface area contributed by atoms with E-state index in [-0.39, 0.29) is 0 Å². The van der Waals surface area contributed by atoms with E-state index in [1.54, 1.807) is 5.19 Å². The van der Waals surface area contributed by atoms with Gasteiger partial charge in [-0.25, -0.2) is 0 Å². The lowest BCUT2D eigenvalue weighted by atomic mass is 10.0. The van der Waals surface area contributed by atoms with Crippen molar-refractivity contribution in [3.8, 4) is 0 Å². The Balaban J connectivity index is 2.96. The van der Waals surface area contributed by atoms with Gasteiger partial charge < -0.3 is 0 Å². The quantitative estimate of drug-likeness (QED) is 0.608. The molecule has 0 saturated carbocycles. The first kappa shape index (κ1) is 9.52. The zero-order valence-electron chi connectivity index (χ0n) is 8.39. The van der Waals surface area contributed by atoms with E-state index in [9.17, 15) is 0 Å². The molecule has 1 rings (SSSR count). The Labute approximate surface area is 77.2 Å². The molecule has 0 amide bonds. The third-order valence-corrected chi connectivity index (χ3v) is 3.82. The van der Waals surface area contributed by atoms with E-state index in [1.807, 2.05) is 0 Å². The molecule has 1 aromatic carbocycles. The standard InChI is InChI=1S/C11H17Si/c1-9(2)10-6-5-7-11(8-10)12(3)4/h5-8,12H,1-4H3. The molecule has 0 aliphatic rings. The van der Waals surface area contributed by atoms with Crippen molar-refractivity contribution in [2.45, 2.75) is 26.9 Å². The van der Waals surface area contributed by atoms with E-state index in [1.165, 1.54) is 11.5 Å². The van der Waals surface area contributed by atoms with Crippen LogP contribution in [0.1, 0.15) is 19.4 Å². The molecule has 1 radical (unpaired) electrons. The molecule has 0 aromatic heterocycles. The van der Waals surface area contributed by atoms with Crippen molar-refractivity contribution < 1.29 is 0 Å². The average Bonchev–Trinajstić information content (AvgIpc) is 2.04. The average molecular weight is 177 g/mol. The summed E-state index contributed by atoms with van der Waals surface area (Å²) in [6.45, 7) is 9.07. The molecule has 0 unspecified atom stereocenters. The van der Waals surface area contributed by atoms with E-state index in [2.05, 4.69) is 51.2 Å². The van der Waals surface area contributed by atoms with Gasteiger partial charge in [0.1, 0.15) is 0 Å². The minimum Gasteiger partial charge on any atom is -0.0682 e. The molecule has 0 bridgehead atoms. The molecular formula is C11H17Si. The normalized spacial score (nSPS) is 11.2. The highest BCUT2D eigenvalue weighted by Gasteiger charge is 2.03. The van der Waals surface area contributed by atoms with Crippen molar-refractivity contribution >= 4 is 14.0 Å². The summed E-state index contributed by atoms with van der Waals surface area (Å²) in [6, 6.07) is 8.95. The monoisotopic (exact) mass is 177 g/mol. The lowest BCUT2D eigenvalue weighted by molar-refractivity contribution is 1.15. The molecule has 1 aromatic rings. The van der Waals surface area contributed by atoms with Gasteiger partial charge in [0.05, 0.1) is 8.80 Å². The molecule has 12 heavy (non-hydrogen) atoms. The predicted octanol–water partition coefficient (Wildman–Crippen LogP) is 2.34. The lowest BCUT2D eigenvalue weighted by Crippen LogP contribution is -2.22. The first-order chi connectivity index (χ1) is 5.61. The van der Waals surface area contributed by atoms with Gasteiger partial charge in [-0.15, -0.1) is 0 Å².